The van der Waals surface area contributed by atoms with E-state index in [0.29, 0.717) is 0 Å². The van der Waals surface area contributed by atoms with Gasteiger partial charge >= 0.3 is 30.0 Å². The third-order valence-electron chi connectivity index (χ3n) is 14.9. The number of esters is 4. The van der Waals surface area contributed by atoms with Crippen molar-refractivity contribution >= 4 is 82.3 Å². The molecule has 0 radical (unpaired) electrons. The number of ketones is 2. The summed E-state index contributed by atoms with van der Waals surface area (Å²) in [5, 5.41) is 17.1. The molecule has 1 heterocycles. The van der Waals surface area contributed by atoms with Gasteiger partial charge in [0.25, 0.3) is 5.91 Å². The van der Waals surface area contributed by atoms with Crippen LogP contribution >= 0.6 is 34.8 Å². The van der Waals surface area contributed by atoms with Crippen LogP contribution in [0.3, 0.4) is 0 Å². The Morgan fingerprint density at radius 3 is 1.96 bits per heavy atom. The van der Waals surface area contributed by atoms with Crippen LogP contribution in [0.4, 0.5) is 4.79 Å². The molecule has 18 nitrogen and oxygen atoms in total. The molecule has 11 atom stereocenters. The molecule has 4 aliphatic rings. The molecular weight excluding hydrogens is 1040 g/mol. The second-order valence-electron chi connectivity index (χ2n) is 20.3. The Kier molecular flexibility index (Phi) is 16.7. The van der Waals surface area contributed by atoms with E-state index in [9.17, 15) is 33.9 Å². The van der Waals surface area contributed by atoms with E-state index >= 15 is 9.59 Å². The molecule has 402 valence electrons. The molecule has 0 spiro atoms. The fourth-order valence-electron chi connectivity index (χ4n) is 11.4. The zero-order valence-corrected chi connectivity index (χ0v) is 44.7. The predicted molar refractivity (Wildman–Crippen MR) is 269 cm³/mol. The number of carbonyl (C=O) groups is 8. The normalized spacial score (nSPS) is 28.5. The first-order chi connectivity index (χ1) is 35.2. The van der Waals surface area contributed by atoms with Crippen molar-refractivity contribution < 1.29 is 76.6 Å². The first-order valence-corrected chi connectivity index (χ1v) is 25.2. The number of Topliss-reactive ketones (excluding diaryl/α,β-unsaturated/α-hetero) is 2. The topological polar surface area (TPSA) is 237 Å². The van der Waals surface area contributed by atoms with Crippen LogP contribution in [-0.2, 0) is 57.1 Å². The molecule has 7 rings (SSSR count). The van der Waals surface area contributed by atoms with Crippen molar-refractivity contribution in [2.24, 2.45) is 22.7 Å². The van der Waals surface area contributed by atoms with Crippen LogP contribution in [0.1, 0.15) is 86.7 Å². The molecule has 21 heteroatoms. The van der Waals surface area contributed by atoms with Crippen LogP contribution < -0.4 is 5.32 Å². The highest BCUT2D eigenvalue weighted by atomic mass is 35.6. The summed E-state index contributed by atoms with van der Waals surface area (Å²) in [6.07, 6.45) is -11.1. The van der Waals surface area contributed by atoms with Gasteiger partial charge in [0.2, 0.25) is 3.79 Å². The molecule has 3 fully saturated rings. The van der Waals surface area contributed by atoms with Gasteiger partial charge in [-0.25, -0.2) is 9.59 Å². The standard InChI is InChI=1S/C54H59Cl3N2O16/c1-29-35(41(63)43(73-49(67)70-28-54(55,56)57)40(32-18-12-9-13-19-32)58-47(65)33-20-14-10-15-21-33)25-53(68)46(74-48(66)34-22-16-11-17-23-34)44-51(6,45(64)42(71-30(2)60)39(29)50(53,4)5)36(72-38(62)26-59(7)8)24-37-52(44,27-69-37)75-31(3)61/h9-23,35-37,40,42-44,46,68H,24-28H2,1-8H3,(H,58,65)/t35-,36-,37+,40-,42+,43+,44-,46-,51+,52-,53+/m0/s1. The second kappa shape index (κ2) is 22.0. The SMILES string of the molecule is CC(=O)O[C@H]1C(=O)[C@]2(C)[C@@H](OC(=O)CN(C)C)C[C@H]3OC[C@@]3(OC(C)=O)[C@H]2[C@H](OC(=O)c2ccccc2)[C@]2(O)C[C@H](C(=O)[C@H](OC(=O)OCC(Cl)(Cl)Cl)[C@@H](NC(=O)c3ccccc3)c3ccccc3)C(C)=C1C2(C)C. The summed E-state index contributed by atoms with van der Waals surface area (Å²) in [4.78, 5) is 117. The predicted octanol–water partition coefficient (Wildman–Crippen LogP) is 6.65. The van der Waals surface area contributed by atoms with Gasteiger partial charge in [0.05, 0.1) is 36.1 Å². The highest BCUT2D eigenvalue weighted by molar-refractivity contribution is 6.67. The molecule has 0 unspecified atom stereocenters. The molecular formula is C54H59Cl3N2O16. The Morgan fingerprint density at radius 1 is 0.840 bits per heavy atom. The molecule has 2 saturated carbocycles. The van der Waals surface area contributed by atoms with Crippen LogP contribution in [0.25, 0.3) is 0 Å². The van der Waals surface area contributed by atoms with Crippen molar-refractivity contribution in [3.05, 3.63) is 119 Å². The van der Waals surface area contributed by atoms with Crippen LogP contribution in [0, 0.1) is 22.7 Å². The number of rotatable bonds is 15. The third-order valence-corrected chi connectivity index (χ3v) is 15.2. The number of ether oxygens (including phenoxy) is 7. The number of nitrogens with zero attached hydrogens (tertiary/aromatic N) is 1. The van der Waals surface area contributed by atoms with E-state index in [2.05, 4.69) is 5.32 Å². The molecule has 75 heavy (non-hydrogen) atoms. The monoisotopic (exact) mass is 1100 g/mol. The fraction of sp³-hybridized carbons (Fsp3) is 0.481. The molecule has 1 saturated heterocycles. The average molecular weight is 1100 g/mol. The molecule has 0 aromatic heterocycles. The lowest BCUT2D eigenvalue weighted by molar-refractivity contribution is -0.346. The highest BCUT2D eigenvalue weighted by Gasteiger charge is 2.79. The summed E-state index contributed by atoms with van der Waals surface area (Å²) in [6, 6.07) is 22.1. The van der Waals surface area contributed by atoms with Gasteiger partial charge in [0.1, 0.15) is 30.5 Å². The maximum absolute atomic E-state index is 16.3. The van der Waals surface area contributed by atoms with Gasteiger partial charge in [-0.2, -0.15) is 0 Å². The largest absolute Gasteiger partial charge is 0.509 e. The Labute approximate surface area is 448 Å². The van der Waals surface area contributed by atoms with Crippen molar-refractivity contribution in [3.8, 4) is 0 Å². The summed E-state index contributed by atoms with van der Waals surface area (Å²) >= 11 is 17.8. The lowest BCUT2D eigenvalue weighted by Crippen LogP contribution is -2.82. The van der Waals surface area contributed by atoms with Crippen LogP contribution in [0.2, 0.25) is 0 Å². The van der Waals surface area contributed by atoms with E-state index in [0.717, 1.165) is 13.8 Å². The van der Waals surface area contributed by atoms with Crippen LogP contribution in [0.5, 0.6) is 0 Å². The number of allylic oxidation sites excluding steroid dienone is 1. The highest BCUT2D eigenvalue weighted by Crippen LogP contribution is 2.65. The van der Waals surface area contributed by atoms with Gasteiger partial charge in [0, 0.05) is 37.2 Å². The summed E-state index contributed by atoms with van der Waals surface area (Å²) < 4.78 is 40.1. The number of fused-ring (bicyclic) bond motifs is 5. The lowest BCUT2D eigenvalue weighted by atomic mass is 9.44. The minimum absolute atomic E-state index is 0.00317. The molecule has 2 bridgehead atoms. The summed E-state index contributed by atoms with van der Waals surface area (Å²) in [5.74, 6) is -9.64. The average Bonchev–Trinajstić information content (AvgIpc) is 3.34. The van der Waals surface area contributed by atoms with Gasteiger partial charge in [-0.3, -0.25) is 33.7 Å². The van der Waals surface area contributed by atoms with Crippen molar-refractivity contribution in [2.45, 2.75) is 106 Å². The Bertz CT molecular complexity index is 2740. The van der Waals surface area contributed by atoms with Gasteiger partial charge in [-0.15, -0.1) is 0 Å². The molecule has 3 aromatic carbocycles. The molecule has 1 aliphatic heterocycles. The number of hydrogen-bond acceptors (Lipinski definition) is 17. The first kappa shape index (κ1) is 56.8. The Morgan fingerprint density at radius 2 is 1.43 bits per heavy atom. The molecule has 3 aliphatic carbocycles. The van der Waals surface area contributed by atoms with Gasteiger partial charge in [-0.05, 0) is 69.8 Å². The number of likely N-dealkylation sites (N-methyl/N-ethyl adjacent to an activating group) is 1. The van der Waals surface area contributed by atoms with E-state index in [1.54, 1.807) is 80.8 Å². The molecule has 3 aromatic rings. The zero-order valence-electron chi connectivity index (χ0n) is 42.5. The van der Waals surface area contributed by atoms with E-state index in [1.807, 2.05) is 0 Å². The van der Waals surface area contributed by atoms with Crippen molar-refractivity contribution in [1.82, 2.24) is 10.2 Å². The summed E-state index contributed by atoms with van der Waals surface area (Å²) in [6.45, 7) is 6.58. The van der Waals surface area contributed by atoms with Crippen LogP contribution in [0.15, 0.2) is 102 Å². The number of amides is 1. The van der Waals surface area contributed by atoms with Crippen molar-refractivity contribution in [3.63, 3.8) is 0 Å². The van der Waals surface area contributed by atoms with Gasteiger partial charge in [0.15, 0.2) is 29.4 Å². The van der Waals surface area contributed by atoms with Crippen molar-refractivity contribution in [2.75, 3.05) is 33.9 Å². The quantitative estimate of drug-likeness (QED) is 0.0701. The summed E-state index contributed by atoms with van der Waals surface area (Å²) in [5.41, 5.74) is -8.21. The van der Waals surface area contributed by atoms with Crippen LogP contribution in [-0.4, -0.2) is 137 Å². The number of alkyl halides is 3. The number of benzene rings is 3. The third kappa shape index (κ3) is 11.2. The van der Waals surface area contributed by atoms with Gasteiger partial charge < -0.3 is 43.6 Å². The maximum atomic E-state index is 16.3. The molecule has 1 amide bonds. The number of hydrogen-bond donors (Lipinski definition) is 2. The smallest absolute Gasteiger partial charge is 0.460 e. The fourth-order valence-corrected chi connectivity index (χ4v) is 11.6. The van der Waals surface area contributed by atoms with Gasteiger partial charge in [-0.1, -0.05) is 121 Å². The second-order valence-corrected chi connectivity index (χ2v) is 22.8. The number of halogens is 3. The number of aliphatic hydroxyl groups is 1. The van der Waals surface area contributed by atoms with E-state index < -0.39 is 141 Å². The Hall–Kier alpha value is -5.89. The molecule has 2 N–H and O–H groups in total. The van der Waals surface area contributed by atoms with E-state index in [1.165, 1.54) is 56.9 Å². The van der Waals surface area contributed by atoms with E-state index in [4.69, 9.17) is 68.0 Å². The minimum atomic E-state index is -2.60. The lowest BCUT2D eigenvalue weighted by Gasteiger charge is -2.67. The zero-order chi connectivity index (χ0) is 55.0. The number of nitrogens with one attached hydrogen (secondary N) is 1. The summed E-state index contributed by atoms with van der Waals surface area (Å²) in [7, 11) is 3.25. The van der Waals surface area contributed by atoms with E-state index in [-0.39, 0.29) is 40.8 Å². The minimum Gasteiger partial charge on any atom is -0.460 e. The Balaban J connectivity index is 1.52. The number of carbonyl (C=O) groups excluding carboxylic acids is 8. The van der Waals surface area contributed by atoms with Crippen molar-refractivity contribution in [1.29, 1.82) is 0 Å². The maximum Gasteiger partial charge on any atom is 0.509 e. The first-order valence-electron chi connectivity index (χ1n) is 24.1.